The van der Waals surface area contributed by atoms with E-state index in [-0.39, 0.29) is 5.25 Å². The molecule has 1 aliphatic rings. The molecule has 0 radical (unpaired) electrons. The molecule has 1 fully saturated rings. The quantitative estimate of drug-likeness (QED) is 0.573. The van der Waals surface area contributed by atoms with Crippen LogP contribution in [0.25, 0.3) is 0 Å². The molecule has 98 valence electrons. The summed E-state index contributed by atoms with van der Waals surface area (Å²) in [6.45, 7) is 5.75. The first kappa shape index (κ1) is 14.2. The van der Waals surface area contributed by atoms with E-state index in [1.54, 1.807) is 20.8 Å². The zero-order chi connectivity index (χ0) is 13.2. The third-order valence-electron chi connectivity index (χ3n) is 2.38. The van der Waals surface area contributed by atoms with Crippen molar-refractivity contribution in [1.82, 2.24) is 4.90 Å². The molecule has 0 unspecified atom stereocenters. The molecule has 17 heavy (non-hydrogen) atoms. The Balaban J connectivity index is 2.73. The number of hydrogen-bond donors (Lipinski definition) is 1. The summed E-state index contributed by atoms with van der Waals surface area (Å²) in [5, 5.41) is -0.0216. The number of carbonyl (C=O) groups excluding carboxylic acids is 2. The van der Waals surface area contributed by atoms with Gasteiger partial charge < -0.3 is 9.47 Å². The van der Waals surface area contributed by atoms with Crippen molar-refractivity contribution in [2.24, 2.45) is 0 Å². The summed E-state index contributed by atoms with van der Waals surface area (Å²) in [5.74, 6) is -0.424. The van der Waals surface area contributed by atoms with Crippen LogP contribution in [-0.2, 0) is 14.3 Å². The Hall–Kier alpha value is -0.910. The van der Waals surface area contributed by atoms with Crippen molar-refractivity contribution in [2.45, 2.75) is 44.1 Å². The van der Waals surface area contributed by atoms with Gasteiger partial charge in [0, 0.05) is 11.8 Å². The van der Waals surface area contributed by atoms with Crippen molar-refractivity contribution in [3.8, 4) is 0 Å². The number of carbonyl (C=O) groups is 2. The first-order valence-electron chi connectivity index (χ1n) is 5.50. The van der Waals surface area contributed by atoms with Crippen molar-refractivity contribution in [2.75, 3.05) is 13.7 Å². The summed E-state index contributed by atoms with van der Waals surface area (Å²) in [5.41, 5.74) is -0.577. The summed E-state index contributed by atoms with van der Waals surface area (Å²) < 4.78 is 9.91. The van der Waals surface area contributed by atoms with Gasteiger partial charge in [-0.2, -0.15) is 12.6 Å². The largest absolute Gasteiger partial charge is 0.467 e. The van der Waals surface area contributed by atoms with E-state index in [2.05, 4.69) is 17.4 Å². The van der Waals surface area contributed by atoms with E-state index >= 15 is 0 Å². The van der Waals surface area contributed by atoms with Gasteiger partial charge in [0.25, 0.3) is 0 Å². The highest BCUT2D eigenvalue weighted by atomic mass is 32.1. The molecule has 1 saturated heterocycles. The van der Waals surface area contributed by atoms with Crippen LogP contribution in [-0.4, -0.2) is 47.5 Å². The van der Waals surface area contributed by atoms with Gasteiger partial charge in [0.15, 0.2) is 0 Å². The van der Waals surface area contributed by atoms with Gasteiger partial charge in [-0.15, -0.1) is 0 Å². The topological polar surface area (TPSA) is 55.8 Å². The molecule has 0 aromatic rings. The molecule has 1 amide bonds. The number of thiol groups is 1. The Morgan fingerprint density at radius 2 is 1.94 bits per heavy atom. The second-order valence-electron chi connectivity index (χ2n) is 5.06. The Bertz CT molecular complexity index is 313. The van der Waals surface area contributed by atoms with Gasteiger partial charge in [-0.25, -0.2) is 9.59 Å². The van der Waals surface area contributed by atoms with Crippen LogP contribution in [0.4, 0.5) is 4.79 Å². The van der Waals surface area contributed by atoms with E-state index in [0.29, 0.717) is 13.0 Å². The van der Waals surface area contributed by atoms with Crippen molar-refractivity contribution in [3.63, 3.8) is 0 Å². The fourth-order valence-corrected chi connectivity index (χ4v) is 2.07. The predicted molar refractivity (Wildman–Crippen MR) is 66.1 cm³/mol. The first-order valence-corrected chi connectivity index (χ1v) is 6.01. The Morgan fingerprint density at radius 1 is 1.35 bits per heavy atom. The first-order chi connectivity index (χ1) is 7.74. The Kier molecular flexibility index (Phi) is 4.30. The molecular formula is C11H19NO4S. The second kappa shape index (κ2) is 5.16. The van der Waals surface area contributed by atoms with E-state index in [1.165, 1.54) is 12.0 Å². The molecule has 0 aromatic carbocycles. The summed E-state index contributed by atoms with van der Waals surface area (Å²) in [6, 6.07) is -0.586. The average Bonchev–Trinajstić information content (AvgIpc) is 2.56. The smallest absolute Gasteiger partial charge is 0.411 e. The van der Waals surface area contributed by atoms with Crippen molar-refractivity contribution >= 4 is 24.7 Å². The molecule has 0 spiro atoms. The zero-order valence-electron chi connectivity index (χ0n) is 10.6. The van der Waals surface area contributed by atoms with Gasteiger partial charge in [-0.05, 0) is 27.2 Å². The molecule has 0 aliphatic carbocycles. The van der Waals surface area contributed by atoms with Gasteiger partial charge in [-0.1, -0.05) is 0 Å². The lowest BCUT2D eigenvalue weighted by atomic mass is 10.2. The highest BCUT2D eigenvalue weighted by Crippen LogP contribution is 2.24. The molecule has 1 heterocycles. The van der Waals surface area contributed by atoms with Crippen LogP contribution >= 0.6 is 12.6 Å². The highest BCUT2D eigenvalue weighted by Gasteiger charge is 2.40. The van der Waals surface area contributed by atoms with E-state index in [4.69, 9.17) is 4.74 Å². The predicted octanol–water partition coefficient (Wildman–Crippen LogP) is 1.47. The van der Waals surface area contributed by atoms with Crippen molar-refractivity contribution in [3.05, 3.63) is 0 Å². The minimum absolute atomic E-state index is 0.0216. The van der Waals surface area contributed by atoms with Crippen molar-refractivity contribution < 1.29 is 19.1 Å². The summed E-state index contributed by atoms with van der Waals surface area (Å²) in [4.78, 5) is 24.8. The molecule has 0 bridgehead atoms. The number of methoxy groups -OCH3 is 1. The molecule has 1 rings (SSSR count). The minimum atomic E-state index is -0.586. The highest BCUT2D eigenvalue weighted by molar-refractivity contribution is 7.81. The molecule has 1 aliphatic heterocycles. The second-order valence-corrected chi connectivity index (χ2v) is 5.79. The standard InChI is InChI=1S/C11H19NO4S/c1-11(2,3)16-10(14)12-6-7(17)5-8(12)9(13)15-4/h7-8,17H,5-6H2,1-4H3/t7-,8-/m0/s1. The SMILES string of the molecule is COC(=O)[C@@H]1C[C@H](S)CN1C(=O)OC(C)(C)C. The monoisotopic (exact) mass is 261 g/mol. The third-order valence-corrected chi connectivity index (χ3v) is 2.75. The van der Waals surface area contributed by atoms with Gasteiger partial charge in [0.2, 0.25) is 0 Å². The molecule has 0 N–H and O–H groups in total. The number of nitrogens with zero attached hydrogens (tertiary/aromatic N) is 1. The van der Waals surface area contributed by atoms with Crippen molar-refractivity contribution in [1.29, 1.82) is 0 Å². The van der Waals surface area contributed by atoms with Crippen LogP contribution in [0.3, 0.4) is 0 Å². The molecule has 5 nitrogen and oxygen atoms in total. The number of ether oxygens (including phenoxy) is 2. The number of likely N-dealkylation sites (tertiary alicyclic amines) is 1. The maximum atomic E-state index is 11.9. The van der Waals surface area contributed by atoms with Crippen LogP contribution in [0.2, 0.25) is 0 Å². The zero-order valence-corrected chi connectivity index (χ0v) is 11.5. The Labute approximate surface area is 107 Å². The van der Waals surface area contributed by atoms with Crippen LogP contribution in [0, 0.1) is 0 Å². The van der Waals surface area contributed by atoms with Crippen LogP contribution in [0.1, 0.15) is 27.2 Å². The van der Waals surface area contributed by atoms with Gasteiger partial charge in [0.1, 0.15) is 11.6 Å². The van der Waals surface area contributed by atoms with Gasteiger partial charge >= 0.3 is 12.1 Å². The number of hydrogen-bond acceptors (Lipinski definition) is 5. The minimum Gasteiger partial charge on any atom is -0.467 e. The molecule has 0 saturated carbocycles. The molecule has 2 atom stereocenters. The van der Waals surface area contributed by atoms with E-state index < -0.39 is 23.7 Å². The molecule has 0 aromatic heterocycles. The molecular weight excluding hydrogens is 242 g/mol. The van der Waals surface area contributed by atoms with E-state index in [1.807, 2.05) is 0 Å². The van der Waals surface area contributed by atoms with Crippen LogP contribution < -0.4 is 0 Å². The van der Waals surface area contributed by atoms with E-state index in [9.17, 15) is 9.59 Å². The third kappa shape index (κ3) is 3.80. The summed E-state index contributed by atoms with van der Waals surface area (Å²) in [7, 11) is 1.31. The molecule has 6 heteroatoms. The van der Waals surface area contributed by atoms with Crippen LogP contribution in [0.15, 0.2) is 0 Å². The van der Waals surface area contributed by atoms with Gasteiger partial charge in [0.05, 0.1) is 7.11 Å². The maximum Gasteiger partial charge on any atom is 0.411 e. The summed E-state index contributed by atoms with van der Waals surface area (Å²) >= 11 is 4.29. The normalized spacial score (nSPS) is 24.6. The number of rotatable bonds is 1. The number of esters is 1. The average molecular weight is 261 g/mol. The lowest BCUT2D eigenvalue weighted by molar-refractivity contribution is -0.145. The fourth-order valence-electron chi connectivity index (χ4n) is 1.70. The lowest BCUT2D eigenvalue weighted by Gasteiger charge is -2.27. The lowest BCUT2D eigenvalue weighted by Crippen LogP contribution is -2.43. The Morgan fingerprint density at radius 3 is 2.41 bits per heavy atom. The van der Waals surface area contributed by atoms with Gasteiger partial charge in [-0.3, -0.25) is 4.90 Å². The van der Waals surface area contributed by atoms with Crippen LogP contribution in [0.5, 0.6) is 0 Å². The fraction of sp³-hybridized carbons (Fsp3) is 0.818. The van der Waals surface area contributed by atoms with E-state index in [0.717, 1.165) is 0 Å². The summed E-state index contributed by atoms with van der Waals surface area (Å²) in [6.07, 6.45) is -0.000813. The number of amides is 1. The maximum absolute atomic E-state index is 11.9.